The lowest BCUT2D eigenvalue weighted by Gasteiger charge is -2.21. The molecule has 1 saturated heterocycles. The lowest BCUT2D eigenvalue weighted by atomic mass is 9.79. The predicted octanol–water partition coefficient (Wildman–Crippen LogP) is 2.09. The molecule has 1 aliphatic heterocycles. The SMILES string of the molecule is CC1OB(c2cc(F)c(O)c(Cl)c2)OC1(C)C. The van der Waals surface area contributed by atoms with Gasteiger partial charge in [0.2, 0.25) is 0 Å². The van der Waals surface area contributed by atoms with Gasteiger partial charge in [0.25, 0.3) is 0 Å². The standard InChI is InChI=1S/C11H13BClFO3/c1-6-11(2,3)17-12(16-6)7-4-8(13)10(15)9(14)5-7/h4-6,15H,1-3H3. The molecule has 1 atom stereocenters. The normalized spacial score (nSPS) is 23.1. The topological polar surface area (TPSA) is 38.7 Å². The molecule has 1 aromatic carbocycles. The number of hydrogen-bond acceptors (Lipinski definition) is 3. The summed E-state index contributed by atoms with van der Waals surface area (Å²) in [5.74, 6) is -1.34. The van der Waals surface area contributed by atoms with E-state index in [1.165, 1.54) is 12.1 Å². The van der Waals surface area contributed by atoms with Crippen LogP contribution in [0.4, 0.5) is 4.39 Å². The molecule has 1 aromatic rings. The van der Waals surface area contributed by atoms with Crippen molar-refractivity contribution in [2.75, 3.05) is 0 Å². The van der Waals surface area contributed by atoms with Crippen LogP contribution in [0.1, 0.15) is 20.8 Å². The molecule has 1 unspecified atom stereocenters. The molecule has 3 nitrogen and oxygen atoms in total. The summed E-state index contributed by atoms with van der Waals surface area (Å²) in [4.78, 5) is 0. The molecule has 17 heavy (non-hydrogen) atoms. The van der Waals surface area contributed by atoms with Gasteiger partial charge in [0, 0.05) is 0 Å². The van der Waals surface area contributed by atoms with Gasteiger partial charge in [-0.25, -0.2) is 4.39 Å². The minimum Gasteiger partial charge on any atom is -0.504 e. The fourth-order valence-electron chi connectivity index (χ4n) is 1.62. The second-order valence-electron chi connectivity index (χ2n) is 4.66. The molecular weight excluding hydrogens is 245 g/mol. The van der Waals surface area contributed by atoms with E-state index in [0.717, 1.165) is 0 Å². The molecule has 0 spiro atoms. The first-order valence-corrected chi connectivity index (χ1v) is 5.70. The maximum Gasteiger partial charge on any atom is 0.494 e. The Bertz CT molecular complexity index is 429. The van der Waals surface area contributed by atoms with Crippen LogP contribution in [0.5, 0.6) is 5.75 Å². The Balaban J connectivity index is 2.31. The number of halogens is 2. The summed E-state index contributed by atoms with van der Waals surface area (Å²) in [6.07, 6.45) is -0.108. The Morgan fingerprint density at radius 1 is 1.47 bits per heavy atom. The van der Waals surface area contributed by atoms with Gasteiger partial charge < -0.3 is 14.4 Å². The molecule has 1 fully saturated rings. The Morgan fingerprint density at radius 2 is 2.12 bits per heavy atom. The third-order valence-electron chi connectivity index (χ3n) is 3.03. The highest BCUT2D eigenvalue weighted by molar-refractivity contribution is 6.62. The molecular formula is C11H13BClFO3. The van der Waals surface area contributed by atoms with Gasteiger partial charge in [-0.15, -0.1) is 0 Å². The number of aromatic hydroxyl groups is 1. The molecule has 0 amide bonds. The van der Waals surface area contributed by atoms with Crippen molar-refractivity contribution in [2.24, 2.45) is 0 Å². The summed E-state index contributed by atoms with van der Waals surface area (Å²) >= 11 is 5.70. The van der Waals surface area contributed by atoms with Gasteiger partial charge in [-0.1, -0.05) is 11.6 Å². The number of phenols is 1. The number of benzene rings is 1. The third kappa shape index (κ3) is 2.27. The van der Waals surface area contributed by atoms with Crippen LogP contribution in [-0.4, -0.2) is 23.9 Å². The van der Waals surface area contributed by atoms with Crippen molar-refractivity contribution in [3.63, 3.8) is 0 Å². The fourth-order valence-corrected chi connectivity index (χ4v) is 1.83. The molecule has 0 saturated carbocycles. The molecule has 2 rings (SSSR count). The first-order valence-electron chi connectivity index (χ1n) is 5.32. The van der Waals surface area contributed by atoms with Gasteiger partial charge in [0.15, 0.2) is 11.6 Å². The maximum absolute atomic E-state index is 13.3. The maximum atomic E-state index is 13.3. The van der Waals surface area contributed by atoms with Gasteiger partial charge in [0.1, 0.15) is 0 Å². The minimum absolute atomic E-state index is 0.0513. The van der Waals surface area contributed by atoms with E-state index in [0.29, 0.717) is 5.46 Å². The lowest BCUT2D eigenvalue weighted by molar-refractivity contribution is 0.0842. The van der Waals surface area contributed by atoms with Crippen LogP contribution < -0.4 is 5.46 Å². The van der Waals surface area contributed by atoms with E-state index in [9.17, 15) is 9.50 Å². The van der Waals surface area contributed by atoms with Gasteiger partial charge >= 0.3 is 7.12 Å². The van der Waals surface area contributed by atoms with Crippen molar-refractivity contribution in [1.29, 1.82) is 0 Å². The summed E-state index contributed by atoms with van der Waals surface area (Å²) in [6, 6.07) is 2.61. The van der Waals surface area contributed by atoms with E-state index in [1.807, 2.05) is 20.8 Å². The van der Waals surface area contributed by atoms with Crippen LogP contribution in [0.25, 0.3) is 0 Å². The first kappa shape index (κ1) is 12.7. The van der Waals surface area contributed by atoms with Crippen LogP contribution in [-0.2, 0) is 9.31 Å². The zero-order valence-corrected chi connectivity index (χ0v) is 10.6. The van der Waals surface area contributed by atoms with Gasteiger partial charge in [-0.3, -0.25) is 0 Å². The zero-order valence-electron chi connectivity index (χ0n) is 9.83. The number of rotatable bonds is 1. The van der Waals surface area contributed by atoms with E-state index in [-0.39, 0.29) is 11.1 Å². The van der Waals surface area contributed by atoms with Crippen LogP contribution in [0.3, 0.4) is 0 Å². The highest BCUT2D eigenvalue weighted by Crippen LogP contribution is 2.29. The second-order valence-corrected chi connectivity index (χ2v) is 5.07. The van der Waals surface area contributed by atoms with Gasteiger partial charge in [0.05, 0.1) is 16.7 Å². The van der Waals surface area contributed by atoms with Crippen molar-refractivity contribution < 1.29 is 18.8 Å². The van der Waals surface area contributed by atoms with E-state index < -0.39 is 24.3 Å². The Kier molecular flexibility index (Phi) is 3.10. The number of phenolic OH excluding ortho intramolecular Hbond substituents is 1. The van der Waals surface area contributed by atoms with E-state index in [1.54, 1.807) is 0 Å². The summed E-state index contributed by atoms with van der Waals surface area (Å²) in [5, 5.41) is 9.19. The quantitative estimate of drug-likeness (QED) is 0.784. The summed E-state index contributed by atoms with van der Waals surface area (Å²) < 4.78 is 24.6. The molecule has 92 valence electrons. The average molecular weight is 258 g/mol. The van der Waals surface area contributed by atoms with E-state index in [2.05, 4.69) is 0 Å². The molecule has 0 radical (unpaired) electrons. The monoisotopic (exact) mass is 258 g/mol. The molecule has 0 aromatic heterocycles. The highest BCUT2D eigenvalue weighted by Gasteiger charge is 2.44. The molecule has 1 N–H and O–H groups in total. The van der Waals surface area contributed by atoms with Gasteiger partial charge in [-0.2, -0.15) is 0 Å². The van der Waals surface area contributed by atoms with Gasteiger partial charge in [-0.05, 0) is 38.4 Å². The average Bonchev–Trinajstić information content (AvgIpc) is 2.49. The summed E-state index contributed by atoms with van der Waals surface area (Å²) in [5.41, 5.74) is 0.0219. The third-order valence-corrected chi connectivity index (χ3v) is 3.32. The van der Waals surface area contributed by atoms with Crippen molar-refractivity contribution >= 4 is 24.2 Å². The highest BCUT2D eigenvalue weighted by atomic mass is 35.5. The Hall–Kier alpha value is -0.775. The summed E-state index contributed by atoms with van der Waals surface area (Å²) in [6.45, 7) is 5.68. The van der Waals surface area contributed by atoms with Crippen molar-refractivity contribution in [3.8, 4) is 5.75 Å². The molecule has 1 heterocycles. The first-order chi connectivity index (χ1) is 7.81. The minimum atomic E-state index is -0.781. The molecule has 1 aliphatic rings. The van der Waals surface area contributed by atoms with Crippen molar-refractivity contribution in [1.82, 2.24) is 0 Å². The molecule has 0 aliphatic carbocycles. The second kappa shape index (κ2) is 4.16. The molecule has 0 bridgehead atoms. The predicted molar refractivity (Wildman–Crippen MR) is 64.2 cm³/mol. The zero-order chi connectivity index (χ0) is 12.8. The van der Waals surface area contributed by atoms with E-state index >= 15 is 0 Å². The smallest absolute Gasteiger partial charge is 0.494 e. The number of hydrogen-bond donors (Lipinski definition) is 1. The Labute approximate surface area is 105 Å². The van der Waals surface area contributed by atoms with Crippen molar-refractivity contribution in [3.05, 3.63) is 23.0 Å². The summed E-state index contributed by atoms with van der Waals surface area (Å²) in [7, 11) is -0.660. The van der Waals surface area contributed by atoms with Crippen LogP contribution >= 0.6 is 11.6 Å². The van der Waals surface area contributed by atoms with Crippen LogP contribution in [0, 0.1) is 5.82 Å². The Morgan fingerprint density at radius 3 is 2.59 bits per heavy atom. The van der Waals surface area contributed by atoms with Crippen molar-refractivity contribution in [2.45, 2.75) is 32.5 Å². The van der Waals surface area contributed by atoms with E-state index in [4.69, 9.17) is 20.9 Å². The fraction of sp³-hybridized carbons (Fsp3) is 0.455. The van der Waals surface area contributed by atoms with Crippen LogP contribution in [0.15, 0.2) is 12.1 Å². The molecule has 6 heteroatoms. The largest absolute Gasteiger partial charge is 0.504 e. The lowest BCUT2D eigenvalue weighted by Crippen LogP contribution is -2.35. The van der Waals surface area contributed by atoms with Crippen LogP contribution in [0.2, 0.25) is 5.02 Å².